The van der Waals surface area contributed by atoms with E-state index in [1.165, 1.54) is 13.0 Å². The highest BCUT2D eigenvalue weighted by molar-refractivity contribution is 8.13. The summed E-state index contributed by atoms with van der Waals surface area (Å²) < 4.78 is 0. The summed E-state index contributed by atoms with van der Waals surface area (Å²) in [5.74, 6) is 11.6. The molecule has 0 spiro atoms. The van der Waals surface area contributed by atoms with Crippen molar-refractivity contribution in [2.75, 3.05) is 0 Å². The Kier molecular flexibility index (Phi) is 6.42. The normalized spacial score (nSPS) is 9.55. The lowest BCUT2D eigenvalue weighted by Gasteiger charge is -1.98. The molecule has 0 unspecified atom stereocenters. The topological polar surface area (TPSA) is 73.1 Å². The Balaban J connectivity index is 1.85. The molecule has 0 amide bonds. The number of thioether (sulfide) groups is 1. The summed E-state index contributed by atoms with van der Waals surface area (Å²) in [5.41, 5.74) is 2.23. The smallest absolute Gasteiger partial charge is 0.286 e. The van der Waals surface area contributed by atoms with E-state index in [1.807, 2.05) is 0 Å². The molecule has 140 valence electrons. The maximum absolute atomic E-state index is 11.5. The van der Waals surface area contributed by atoms with E-state index in [2.05, 4.69) is 28.7 Å². The molecule has 0 N–H and O–H groups in total. The second-order valence-electron chi connectivity index (χ2n) is 5.84. The van der Waals surface area contributed by atoms with Crippen molar-refractivity contribution in [3.8, 4) is 23.7 Å². The van der Waals surface area contributed by atoms with E-state index in [-0.39, 0.29) is 10.8 Å². The lowest BCUT2D eigenvalue weighted by atomic mass is 10.1. The molecule has 0 aliphatic heterocycles. The van der Waals surface area contributed by atoms with Crippen LogP contribution in [0.2, 0.25) is 0 Å². The largest absolute Gasteiger partial charge is 0.287 e. The van der Waals surface area contributed by atoms with Gasteiger partial charge in [-0.2, -0.15) is 0 Å². The SMILES string of the molecule is CC(=O)Sc1ccc(C#Cc2ccc(C#Cc3ccncc3)cc2[N+](=O)[O-])cc1. The number of nitro benzene ring substituents is 1. The van der Waals surface area contributed by atoms with Crippen LogP contribution in [0, 0.1) is 33.8 Å². The van der Waals surface area contributed by atoms with Crippen molar-refractivity contribution in [2.24, 2.45) is 0 Å². The summed E-state index contributed by atoms with van der Waals surface area (Å²) in [5, 5.41) is 11.5. The summed E-state index contributed by atoms with van der Waals surface area (Å²) in [6.45, 7) is 1.50. The van der Waals surface area contributed by atoms with Gasteiger partial charge in [0.05, 0.1) is 4.92 Å². The molecule has 0 aliphatic rings. The van der Waals surface area contributed by atoms with Crippen LogP contribution >= 0.6 is 11.8 Å². The van der Waals surface area contributed by atoms with Gasteiger partial charge in [0, 0.05) is 47.0 Å². The van der Waals surface area contributed by atoms with Gasteiger partial charge in [-0.1, -0.05) is 35.4 Å². The molecule has 6 heteroatoms. The van der Waals surface area contributed by atoms with Crippen LogP contribution in [-0.2, 0) is 4.79 Å². The van der Waals surface area contributed by atoms with Crippen LogP contribution in [0.3, 0.4) is 0 Å². The molecule has 0 radical (unpaired) electrons. The monoisotopic (exact) mass is 398 g/mol. The average Bonchev–Trinajstić information content (AvgIpc) is 2.72. The number of rotatable bonds is 2. The quantitative estimate of drug-likeness (QED) is 0.276. The van der Waals surface area contributed by atoms with Crippen molar-refractivity contribution >= 4 is 22.6 Å². The summed E-state index contributed by atoms with van der Waals surface area (Å²) in [7, 11) is 0. The fraction of sp³-hybridized carbons (Fsp3) is 0.0435. The standard InChI is InChI=1S/C23H14N2O3S/c1-17(26)29-22-10-6-18(7-11-22)4-8-21-9-5-20(16-23(21)25(27)28)3-2-19-12-14-24-15-13-19/h5-7,9-16H,1H3. The third-order valence-electron chi connectivity index (χ3n) is 3.68. The van der Waals surface area contributed by atoms with Crippen molar-refractivity contribution in [3.05, 3.63) is 99.4 Å². The minimum Gasteiger partial charge on any atom is -0.287 e. The first-order chi connectivity index (χ1) is 14.0. The summed E-state index contributed by atoms with van der Waals surface area (Å²) in [6, 6.07) is 15.4. The number of carbonyl (C=O) groups excluding carboxylic acids is 1. The maximum Gasteiger partial charge on any atom is 0.286 e. The van der Waals surface area contributed by atoms with E-state index in [9.17, 15) is 14.9 Å². The number of carbonyl (C=O) groups is 1. The number of aromatic nitrogens is 1. The van der Waals surface area contributed by atoms with Gasteiger partial charge >= 0.3 is 0 Å². The van der Waals surface area contributed by atoms with Crippen molar-refractivity contribution < 1.29 is 9.72 Å². The molecule has 0 saturated carbocycles. The molecule has 1 aromatic heterocycles. The minimum atomic E-state index is -0.464. The zero-order valence-corrected chi connectivity index (χ0v) is 16.2. The number of pyridine rings is 1. The summed E-state index contributed by atoms with van der Waals surface area (Å²) in [4.78, 5) is 26.9. The van der Waals surface area contributed by atoms with Gasteiger partial charge in [0.2, 0.25) is 0 Å². The Bertz CT molecular complexity index is 1180. The number of nitro groups is 1. The van der Waals surface area contributed by atoms with Crippen LogP contribution in [0.4, 0.5) is 5.69 Å². The lowest BCUT2D eigenvalue weighted by molar-refractivity contribution is -0.385. The van der Waals surface area contributed by atoms with Gasteiger partial charge < -0.3 is 0 Å². The van der Waals surface area contributed by atoms with Gasteiger partial charge in [-0.3, -0.25) is 19.9 Å². The average molecular weight is 398 g/mol. The van der Waals surface area contributed by atoms with E-state index in [0.717, 1.165) is 22.2 Å². The molecule has 29 heavy (non-hydrogen) atoms. The molecule has 0 aliphatic carbocycles. The van der Waals surface area contributed by atoms with Crippen LogP contribution in [0.15, 0.2) is 71.9 Å². The van der Waals surface area contributed by atoms with E-state index >= 15 is 0 Å². The van der Waals surface area contributed by atoms with Crippen molar-refractivity contribution in [1.82, 2.24) is 4.98 Å². The molecule has 2 aromatic carbocycles. The Morgan fingerprint density at radius 2 is 1.48 bits per heavy atom. The molecule has 1 heterocycles. The van der Waals surface area contributed by atoms with Gasteiger partial charge in [-0.15, -0.1) is 0 Å². The fourth-order valence-electron chi connectivity index (χ4n) is 2.36. The molecule has 0 fully saturated rings. The first-order valence-corrected chi connectivity index (χ1v) is 9.34. The second kappa shape index (κ2) is 9.36. The van der Waals surface area contributed by atoms with Crippen molar-refractivity contribution in [1.29, 1.82) is 0 Å². The first-order valence-electron chi connectivity index (χ1n) is 8.52. The molecular formula is C23H14N2O3S. The van der Waals surface area contributed by atoms with Crippen LogP contribution in [0.25, 0.3) is 0 Å². The predicted molar refractivity (Wildman–Crippen MR) is 112 cm³/mol. The summed E-state index contributed by atoms with van der Waals surface area (Å²) >= 11 is 1.14. The van der Waals surface area contributed by atoms with Crippen LogP contribution < -0.4 is 0 Å². The maximum atomic E-state index is 11.5. The van der Waals surface area contributed by atoms with E-state index in [4.69, 9.17) is 0 Å². The fourth-order valence-corrected chi connectivity index (χ4v) is 2.96. The van der Waals surface area contributed by atoms with Crippen LogP contribution in [-0.4, -0.2) is 15.0 Å². The van der Waals surface area contributed by atoms with Gasteiger partial charge in [0.1, 0.15) is 5.56 Å². The van der Waals surface area contributed by atoms with Crippen molar-refractivity contribution in [3.63, 3.8) is 0 Å². The first kappa shape index (κ1) is 19.9. The minimum absolute atomic E-state index is 0.00609. The van der Waals surface area contributed by atoms with Gasteiger partial charge in [-0.05, 0) is 48.5 Å². The van der Waals surface area contributed by atoms with Crippen LogP contribution in [0.5, 0.6) is 0 Å². The van der Waals surface area contributed by atoms with E-state index < -0.39 is 4.92 Å². The molecule has 5 nitrogen and oxygen atoms in total. The van der Waals surface area contributed by atoms with E-state index in [0.29, 0.717) is 16.7 Å². The molecule has 3 aromatic rings. The molecule has 0 saturated heterocycles. The van der Waals surface area contributed by atoms with Crippen LogP contribution in [0.1, 0.15) is 29.2 Å². The Hall–Kier alpha value is -3.87. The number of hydrogen-bond donors (Lipinski definition) is 0. The molecule has 0 atom stereocenters. The lowest BCUT2D eigenvalue weighted by Crippen LogP contribution is -1.93. The van der Waals surface area contributed by atoms with Gasteiger partial charge in [0.25, 0.3) is 5.69 Å². The van der Waals surface area contributed by atoms with Gasteiger partial charge in [0.15, 0.2) is 5.12 Å². The summed E-state index contributed by atoms with van der Waals surface area (Å²) in [6.07, 6.45) is 3.27. The van der Waals surface area contributed by atoms with E-state index in [1.54, 1.807) is 60.9 Å². The van der Waals surface area contributed by atoms with Crippen molar-refractivity contribution in [2.45, 2.75) is 11.8 Å². The highest BCUT2D eigenvalue weighted by atomic mass is 32.2. The predicted octanol–water partition coefficient (Wildman–Crippen LogP) is 4.43. The highest BCUT2D eigenvalue weighted by Crippen LogP contribution is 2.21. The molecular weight excluding hydrogens is 384 g/mol. The third-order valence-corrected chi connectivity index (χ3v) is 4.48. The number of nitrogens with zero attached hydrogens (tertiary/aromatic N) is 2. The molecule has 3 rings (SSSR count). The second-order valence-corrected chi connectivity index (χ2v) is 7.09. The third kappa shape index (κ3) is 5.80. The molecule has 0 bridgehead atoms. The Morgan fingerprint density at radius 1 is 0.897 bits per heavy atom. The Labute approximate surface area is 172 Å². The highest BCUT2D eigenvalue weighted by Gasteiger charge is 2.12. The Morgan fingerprint density at radius 3 is 2.14 bits per heavy atom. The number of hydrogen-bond acceptors (Lipinski definition) is 5. The van der Waals surface area contributed by atoms with Gasteiger partial charge in [-0.25, -0.2) is 0 Å². The zero-order chi connectivity index (χ0) is 20.6. The zero-order valence-electron chi connectivity index (χ0n) is 15.4. The number of benzene rings is 2.